The van der Waals surface area contributed by atoms with Crippen LogP contribution in [0.15, 0.2) is 47.6 Å². The van der Waals surface area contributed by atoms with E-state index in [2.05, 4.69) is 6.92 Å². The number of hydrogen-bond acceptors (Lipinski definition) is 10. The van der Waals surface area contributed by atoms with Crippen LogP contribution in [0, 0.1) is 63.1 Å². The van der Waals surface area contributed by atoms with Gasteiger partial charge >= 0.3 is 0 Å². The van der Waals surface area contributed by atoms with Gasteiger partial charge in [0, 0.05) is 33.5 Å². The number of hydrogen-bond donors (Lipinski definition) is 6. The molecule has 0 aromatic heterocycles. The van der Waals surface area contributed by atoms with E-state index in [0.29, 0.717) is 24.8 Å². The largest absolute Gasteiger partial charge is 0.393 e. The summed E-state index contributed by atoms with van der Waals surface area (Å²) in [4.78, 5) is 48.5. The SMILES string of the molecule is C[C@@H]1C[C@H]2[C@@H]3C[C@H](F)C4=CC(=O)C=C[C@]4(C)[C@H]3[C@@H](O)C[C@]2(C)[C@@]1(O)C(=O)CO.C[C@]12C=CC(=O)C=C1CC[C@@H]1[C@@H]2[C@@H](O)C[C@@]2(C)[C@H]1CC[C@]2(O)C(=O)CO. The highest BCUT2D eigenvalue weighted by Crippen LogP contribution is 2.69. The molecule has 54 heavy (non-hydrogen) atoms. The molecule has 0 aromatic rings. The van der Waals surface area contributed by atoms with Crippen molar-refractivity contribution in [2.24, 2.45) is 63.1 Å². The number of aliphatic hydroxyl groups is 6. The molecule has 16 atom stereocenters. The van der Waals surface area contributed by atoms with Gasteiger partial charge in [0.15, 0.2) is 23.1 Å². The first-order valence-electron chi connectivity index (χ1n) is 19.8. The molecular formula is C43H57FO10. The quantitative estimate of drug-likeness (QED) is 0.249. The van der Waals surface area contributed by atoms with Crippen LogP contribution < -0.4 is 0 Å². The number of ketones is 4. The Hall–Kier alpha value is -2.67. The topological polar surface area (TPSA) is 190 Å². The molecule has 0 unspecified atom stereocenters. The van der Waals surface area contributed by atoms with Crippen LogP contribution in [0.4, 0.5) is 4.39 Å². The molecule has 6 saturated carbocycles. The molecule has 10 nitrogen and oxygen atoms in total. The monoisotopic (exact) mass is 752 g/mol. The smallest absolute Gasteiger partial charge is 0.190 e. The number of alkyl halides is 1. The van der Waals surface area contributed by atoms with Crippen LogP contribution in [0.25, 0.3) is 0 Å². The third kappa shape index (κ3) is 5.10. The van der Waals surface area contributed by atoms with Crippen LogP contribution in [0.3, 0.4) is 0 Å². The van der Waals surface area contributed by atoms with Crippen molar-refractivity contribution in [3.8, 4) is 0 Å². The minimum absolute atomic E-state index is 0.00912. The number of aliphatic hydroxyl groups excluding tert-OH is 4. The molecule has 0 spiro atoms. The highest BCUT2D eigenvalue weighted by Gasteiger charge is 2.71. The predicted molar refractivity (Wildman–Crippen MR) is 195 cm³/mol. The molecule has 0 aromatic carbocycles. The first kappa shape index (κ1) is 39.6. The summed E-state index contributed by atoms with van der Waals surface area (Å²) in [6.45, 7) is 8.05. The standard InChI is InChI=1S/C22H29FO5.C21H28O5/c1-11-6-14-13-8-16(23)15-7-12(25)4-5-20(15,2)19(13)17(26)9-21(14,3)22(11,28)18(27)10-24;1-19-7-5-13(23)9-12(19)3-4-14-15-6-8-21(26,17(25)11-22)20(15,2)10-16(24)18(14)19/h4-5,7,11,13-14,16-17,19,24,26,28H,6,8-10H2,1-3H3;5,7,9,14-16,18,22,24,26H,3-4,6,8,10-11H2,1-2H3/t11-,13+,14+,16+,17+,19-,20+,21+,22+;14-,15-,16-,18+,19-,20-,21-/m10/s1. The average molecular weight is 753 g/mol. The van der Waals surface area contributed by atoms with E-state index in [1.807, 2.05) is 19.9 Å². The Morgan fingerprint density at radius 1 is 0.778 bits per heavy atom. The lowest BCUT2D eigenvalue weighted by atomic mass is 9.46. The van der Waals surface area contributed by atoms with Gasteiger partial charge in [-0.05, 0) is 111 Å². The lowest BCUT2D eigenvalue weighted by molar-refractivity contribution is -0.185. The second-order valence-corrected chi connectivity index (χ2v) is 19.0. The molecular weight excluding hydrogens is 695 g/mol. The number of Topliss-reactive ketones (excluding diaryl/α,β-unsaturated/α-hetero) is 2. The van der Waals surface area contributed by atoms with E-state index in [1.54, 1.807) is 32.1 Å². The van der Waals surface area contributed by atoms with Crippen LogP contribution in [0.5, 0.6) is 0 Å². The second-order valence-electron chi connectivity index (χ2n) is 19.0. The summed E-state index contributed by atoms with van der Waals surface area (Å²) in [5.74, 6) is -2.15. The average Bonchev–Trinajstić information content (AvgIpc) is 3.50. The van der Waals surface area contributed by atoms with Crippen molar-refractivity contribution < 1.29 is 54.2 Å². The van der Waals surface area contributed by atoms with Gasteiger partial charge in [-0.3, -0.25) is 19.2 Å². The zero-order chi connectivity index (χ0) is 39.6. The van der Waals surface area contributed by atoms with Crippen molar-refractivity contribution >= 4 is 23.1 Å². The van der Waals surface area contributed by atoms with E-state index in [0.717, 1.165) is 24.8 Å². The summed E-state index contributed by atoms with van der Waals surface area (Å²) < 4.78 is 15.2. The van der Waals surface area contributed by atoms with Crippen LogP contribution in [-0.4, -0.2) is 96.6 Å². The van der Waals surface area contributed by atoms with E-state index in [4.69, 9.17) is 0 Å². The molecule has 0 amide bonds. The molecule has 296 valence electrons. The van der Waals surface area contributed by atoms with Gasteiger partial charge in [0.1, 0.15) is 30.6 Å². The predicted octanol–water partition coefficient (Wildman–Crippen LogP) is 3.31. The Morgan fingerprint density at radius 2 is 1.35 bits per heavy atom. The van der Waals surface area contributed by atoms with Crippen molar-refractivity contribution in [3.63, 3.8) is 0 Å². The van der Waals surface area contributed by atoms with Crippen LogP contribution in [0.1, 0.15) is 86.0 Å². The molecule has 0 bridgehead atoms. The third-order valence-corrected chi connectivity index (χ3v) is 16.9. The van der Waals surface area contributed by atoms with E-state index in [-0.39, 0.29) is 71.2 Å². The second kappa shape index (κ2) is 12.9. The fourth-order valence-corrected chi connectivity index (χ4v) is 14.3. The first-order chi connectivity index (χ1) is 25.2. The van der Waals surface area contributed by atoms with Gasteiger partial charge in [-0.25, -0.2) is 4.39 Å². The molecule has 8 rings (SSSR count). The Bertz CT molecular complexity index is 1770. The summed E-state index contributed by atoms with van der Waals surface area (Å²) >= 11 is 0. The van der Waals surface area contributed by atoms with Gasteiger partial charge in [-0.15, -0.1) is 0 Å². The number of fused-ring (bicyclic) bond motifs is 10. The van der Waals surface area contributed by atoms with Crippen molar-refractivity contribution in [2.45, 2.75) is 116 Å². The maximum absolute atomic E-state index is 15.2. The minimum atomic E-state index is -1.74. The Labute approximate surface area is 316 Å². The van der Waals surface area contributed by atoms with Crippen molar-refractivity contribution in [1.82, 2.24) is 0 Å². The molecule has 0 radical (unpaired) electrons. The summed E-state index contributed by atoms with van der Waals surface area (Å²) in [6.07, 6.45) is 11.0. The molecule has 0 saturated heterocycles. The fourth-order valence-electron chi connectivity index (χ4n) is 14.3. The fraction of sp³-hybridized carbons (Fsp3) is 0.721. The van der Waals surface area contributed by atoms with E-state index in [9.17, 15) is 49.8 Å². The third-order valence-electron chi connectivity index (χ3n) is 16.9. The zero-order valence-corrected chi connectivity index (χ0v) is 32.0. The van der Waals surface area contributed by atoms with Gasteiger partial charge in [-0.1, -0.05) is 52.3 Å². The maximum Gasteiger partial charge on any atom is 0.190 e. The molecule has 8 aliphatic rings. The van der Waals surface area contributed by atoms with Crippen LogP contribution in [-0.2, 0) is 19.2 Å². The summed E-state index contributed by atoms with van der Waals surface area (Å²) in [7, 11) is 0. The van der Waals surface area contributed by atoms with Crippen LogP contribution >= 0.6 is 0 Å². The van der Waals surface area contributed by atoms with Gasteiger partial charge in [-0.2, -0.15) is 0 Å². The summed E-state index contributed by atoms with van der Waals surface area (Å²) in [5.41, 5.74) is -4.54. The van der Waals surface area contributed by atoms with E-state index >= 15 is 4.39 Å². The molecule has 0 heterocycles. The normalized spacial score (nSPS) is 51.3. The Morgan fingerprint density at radius 3 is 1.98 bits per heavy atom. The maximum atomic E-state index is 15.2. The lowest BCUT2D eigenvalue weighted by Crippen LogP contribution is -2.63. The molecule has 6 N–H and O–H groups in total. The van der Waals surface area contributed by atoms with Gasteiger partial charge in [0.05, 0.1) is 12.2 Å². The highest BCUT2D eigenvalue weighted by molar-refractivity contribution is 6.02. The molecule has 0 aliphatic heterocycles. The summed E-state index contributed by atoms with van der Waals surface area (Å²) in [6, 6.07) is 0. The van der Waals surface area contributed by atoms with Gasteiger partial charge in [0.25, 0.3) is 0 Å². The van der Waals surface area contributed by atoms with Crippen LogP contribution in [0.2, 0.25) is 0 Å². The molecule has 6 fully saturated rings. The molecule has 8 aliphatic carbocycles. The number of halogens is 1. The van der Waals surface area contributed by atoms with Gasteiger partial charge < -0.3 is 30.6 Å². The number of carbonyl (C=O) groups excluding carboxylic acids is 4. The Balaban J connectivity index is 0.000000167. The number of rotatable bonds is 4. The number of allylic oxidation sites excluding steroid dienone is 8. The van der Waals surface area contributed by atoms with Crippen molar-refractivity contribution in [2.75, 3.05) is 13.2 Å². The summed E-state index contributed by atoms with van der Waals surface area (Å²) in [5, 5.41) is 63.7. The molecule has 11 heteroatoms. The van der Waals surface area contributed by atoms with Gasteiger partial charge in [0.2, 0.25) is 0 Å². The number of carbonyl (C=O) groups is 4. The first-order valence-corrected chi connectivity index (χ1v) is 19.8. The van der Waals surface area contributed by atoms with Crippen molar-refractivity contribution in [1.29, 1.82) is 0 Å². The lowest BCUT2D eigenvalue weighted by Gasteiger charge is -2.60. The van der Waals surface area contributed by atoms with E-state index in [1.165, 1.54) is 12.2 Å². The van der Waals surface area contributed by atoms with Crippen molar-refractivity contribution in [3.05, 3.63) is 47.6 Å². The highest BCUT2D eigenvalue weighted by atomic mass is 19.1. The van der Waals surface area contributed by atoms with E-state index < -0.39 is 70.6 Å². The zero-order valence-electron chi connectivity index (χ0n) is 32.0. The minimum Gasteiger partial charge on any atom is -0.393 e. The Kier molecular flexibility index (Phi) is 9.47.